The van der Waals surface area contributed by atoms with E-state index in [1.807, 2.05) is 16.7 Å². The molecule has 0 saturated heterocycles. The molecule has 5 aliphatic carbocycles. The topological polar surface area (TPSA) is 9.23 Å². The minimum Gasteiger partial charge on any atom is -0.417 e. The van der Waals surface area contributed by atoms with Crippen LogP contribution in [0.4, 0.5) is 0 Å². The summed E-state index contributed by atoms with van der Waals surface area (Å²) in [5.74, 6) is 6.97. The second kappa shape index (κ2) is 8.22. The predicted molar refractivity (Wildman–Crippen MR) is 142 cm³/mol. The van der Waals surface area contributed by atoms with Crippen LogP contribution in [0.25, 0.3) is 0 Å². The third-order valence-corrected chi connectivity index (χ3v) is 16.0. The van der Waals surface area contributed by atoms with E-state index in [0.717, 1.165) is 48.0 Å². The van der Waals surface area contributed by atoms with Gasteiger partial charge in [0.1, 0.15) is 0 Å². The second-order valence-corrected chi connectivity index (χ2v) is 19.0. The molecule has 1 aromatic rings. The smallest absolute Gasteiger partial charge is 0.191 e. The van der Waals surface area contributed by atoms with E-state index in [4.69, 9.17) is 4.43 Å². The van der Waals surface area contributed by atoms with E-state index < -0.39 is 8.32 Å². The van der Waals surface area contributed by atoms with Gasteiger partial charge < -0.3 is 4.43 Å². The zero-order valence-corrected chi connectivity index (χ0v) is 23.1. The number of hydrogen-bond donors (Lipinski definition) is 0. The predicted octanol–water partition coefficient (Wildman–Crippen LogP) is 8.94. The van der Waals surface area contributed by atoms with Gasteiger partial charge >= 0.3 is 0 Å². The van der Waals surface area contributed by atoms with Crippen molar-refractivity contribution in [1.82, 2.24) is 0 Å². The number of unbranched alkanes of at least 4 members (excludes halogenated alkanes) is 2. The molecule has 7 atom stereocenters. The zero-order chi connectivity index (χ0) is 23.0. The minimum absolute atomic E-state index is 0.326. The third kappa shape index (κ3) is 3.72. The second-order valence-electron chi connectivity index (χ2n) is 14.2. The Kier molecular flexibility index (Phi) is 5.69. The molecule has 4 fully saturated rings. The lowest BCUT2D eigenvalue weighted by atomic mass is 9.57. The fourth-order valence-electron chi connectivity index (χ4n) is 8.79. The Morgan fingerprint density at radius 2 is 1.55 bits per heavy atom. The summed E-state index contributed by atoms with van der Waals surface area (Å²) < 4.78 is 6.43. The van der Waals surface area contributed by atoms with Crippen molar-refractivity contribution in [2.75, 3.05) is 6.61 Å². The lowest BCUT2D eigenvalue weighted by Gasteiger charge is -2.47. The highest BCUT2D eigenvalue weighted by Gasteiger charge is 2.57. The highest BCUT2D eigenvalue weighted by molar-refractivity contribution is 6.74. The Morgan fingerprint density at radius 1 is 0.818 bits per heavy atom. The molecule has 2 heteroatoms. The van der Waals surface area contributed by atoms with Crippen LogP contribution in [-0.4, -0.2) is 14.9 Å². The average molecular weight is 465 g/mol. The Labute approximate surface area is 204 Å². The Hall–Kier alpha value is -0.603. The summed E-state index contributed by atoms with van der Waals surface area (Å²) in [5, 5.41) is 0.326. The molecule has 6 rings (SSSR count). The maximum Gasteiger partial charge on any atom is 0.191 e. The van der Waals surface area contributed by atoms with Gasteiger partial charge in [0.15, 0.2) is 8.32 Å². The maximum atomic E-state index is 6.43. The summed E-state index contributed by atoms with van der Waals surface area (Å²) in [6.45, 7) is 12.8. The van der Waals surface area contributed by atoms with Crippen LogP contribution >= 0.6 is 0 Å². The van der Waals surface area contributed by atoms with Crippen molar-refractivity contribution in [3.05, 3.63) is 34.4 Å². The standard InChI is InChI=1S/C31H48OSi/c1-31(2,3)33(4,5)32-16-8-6-7-9-21-14-15-25(26-18-20-10-11-22(26)17-20)30-27(21)28-23-12-13-24(19-23)29(28)30/h14-15,20,22-24,26,28-29H,6-13,16-19H2,1-5H3. The van der Waals surface area contributed by atoms with Crippen molar-refractivity contribution >= 4 is 8.32 Å². The number of fused-ring (bicyclic) bond motifs is 10. The maximum absolute atomic E-state index is 6.43. The monoisotopic (exact) mass is 464 g/mol. The molecule has 182 valence electrons. The molecular weight excluding hydrogens is 416 g/mol. The van der Waals surface area contributed by atoms with Gasteiger partial charge in [-0.3, -0.25) is 0 Å². The molecule has 5 aliphatic rings. The number of aryl methyl sites for hydroxylation is 1. The molecule has 0 aliphatic heterocycles. The van der Waals surface area contributed by atoms with E-state index in [0.29, 0.717) is 5.04 Å². The molecule has 33 heavy (non-hydrogen) atoms. The van der Waals surface area contributed by atoms with Crippen molar-refractivity contribution in [1.29, 1.82) is 0 Å². The Bertz CT molecular complexity index is 895. The number of benzene rings is 1. The number of hydrogen-bond acceptors (Lipinski definition) is 1. The van der Waals surface area contributed by atoms with E-state index in [1.165, 1.54) is 64.2 Å². The first kappa shape index (κ1) is 22.8. The van der Waals surface area contributed by atoms with Crippen LogP contribution in [0.2, 0.25) is 18.1 Å². The van der Waals surface area contributed by atoms with Gasteiger partial charge in [-0.15, -0.1) is 0 Å². The van der Waals surface area contributed by atoms with Gasteiger partial charge in [0.25, 0.3) is 0 Å². The van der Waals surface area contributed by atoms with Crippen LogP contribution in [-0.2, 0) is 10.8 Å². The average Bonchev–Trinajstić information content (AvgIpc) is 3.52. The Balaban J connectivity index is 1.12. The van der Waals surface area contributed by atoms with Crippen LogP contribution in [0.5, 0.6) is 0 Å². The molecule has 0 aromatic heterocycles. The van der Waals surface area contributed by atoms with Crippen molar-refractivity contribution in [2.24, 2.45) is 23.7 Å². The third-order valence-electron chi connectivity index (χ3n) is 11.5. The van der Waals surface area contributed by atoms with Crippen molar-refractivity contribution < 1.29 is 4.43 Å². The van der Waals surface area contributed by atoms with Gasteiger partial charge in [-0.25, -0.2) is 0 Å². The normalized spacial score (nSPS) is 36.2. The summed E-state index contributed by atoms with van der Waals surface area (Å²) in [4.78, 5) is 0. The molecule has 0 amide bonds. The van der Waals surface area contributed by atoms with Gasteiger partial charge in [-0.05, 0) is 140 Å². The zero-order valence-electron chi connectivity index (χ0n) is 22.1. The van der Waals surface area contributed by atoms with E-state index in [2.05, 4.69) is 46.0 Å². The van der Waals surface area contributed by atoms with Crippen molar-refractivity contribution in [2.45, 2.75) is 127 Å². The fourth-order valence-corrected chi connectivity index (χ4v) is 9.88. The SMILES string of the molecule is CC(C)(C)[Si](C)(C)OCCCCCc1ccc(C2CC3CCC2C3)c2c1C1C3CCC(C3)C21. The summed E-state index contributed by atoms with van der Waals surface area (Å²) in [5.41, 5.74) is 7.40. The van der Waals surface area contributed by atoms with Gasteiger partial charge in [0.2, 0.25) is 0 Å². The summed E-state index contributed by atoms with van der Waals surface area (Å²) in [7, 11) is -1.58. The molecule has 0 heterocycles. The number of rotatable bonds is 8. The van der Waals surface area contributed by atoms with Crippen LogP contribution in [0, 0.1) is 23.7 Å². The molecule has 1 nitrogen and oxygen atoms in total. The van der Waals surface area contributed by atoms with Gasteiger partial charge in [-0.2, -0.15) is 0 Å². The molecule has 1 aromatic carbocycles. The van der Waals surface area contributed by atoms with E-state index in [-0.39, 0.29) is 0 Å². The molecule has 0 radical (unpaired) electrons. The molecule has 4 saturated carbocycles. The summed E-state index contributed by atoms with van der Waals surface area (Å²) >= 11 is 0. The van der Waals surface area contributed by atoms with Gasteiger partial charge in [0, 0.05) is 6.61 Å². The van der Waals surface area contributed by atoms with Crippen molar-refractivity contribution in [3.63, 3.8) is 0 Å². The highest BCUT2D eigenvalue weighted by atomic mass is 28.4. The van der Waals surface area contributed by atoms with Crippen LogP contribution in [0.15, 0.2) is 12.1 Å². The molecule has 0 spiro atoms. The van der Waals surface area contributed by atoms with Crippen LogP contribution < -0.4 is 0 Å². The Morgan fingerprint density at radius 3 is 2.21 bits per heavy atom. The molecular formula is C31H48OSi. The van der Waals surface area contributed by atoms with Gasteiger partial charge in [0.05, 0.1) is 0 Å². The van der Waals surface area contributed by atoms with E-state index in [1.54, 1.807) is 12.0 Å². The first-order valence-corrected chi connectivity index (χ1v) is 17.4. The molecule has 0 N–H and O–H groups in total. The van der Waals surface area contributed by atoms with E-state index >= 15 is 0 Å². The first-order chi connectivity index (χ1) is 15.7. The van der Waals surface area contributed by atoms with Crippen LogP contribution in [0.3, 0.4) is 0 Å². The minimum atomic E-state index is -1.58. The quantitative estimate of drug-likeness (QED) is 0.275. The molecule has 7 unspecified atom stereocenters. The summed E-state index contributed by atoms with van der Waals surface area (Å²) in [6, 6.07) is 5.25. The van der Waals surface area contributed by atoms with Crippen molar-refractivity contribution in [3.8, 4) is 0 Å². The largest absolute Gasteiger partial charge is 0.417 e. The van der Waals surface area contributed by atoms with Gasteiger partial charge in [-0.1, -0.05) is 45.7 Å². The lowest BCUT2D eigenvalue weighted by molar-refractivity contribution is 0.277. The lowest BCUT2D eigenvalue weighted by Crippen LogP contribution is -2.40. The fraction of sp³-hybridized carbons (Fsp3) is 0.806. The van der Waals surface area contributed by atoms with E-state index in [9.17, 15) is 0 Å². The molecule has 4 bridgehead atoms. The highest BCUT2D eigenvalue weighted by Crippen LogP contribution is 2.70. The summed E-state index contributed by atoms with van der Waals surface area (Å²) in [6.07, 6.45) is 15.9. The van der Waals surface area contributed by atoms with Crippen LogP contribution in [0.1, 0.15) is 125 Å². The first-order valence-electron chi connectivity index (χ1n) is 14.5.